The highest BCUT2D eigenvalue weighted by molar-refractivity contribution is 6.16. The number of amides is 1. The number of aliphatic carboxylic acids is 1. The van der Waals surface area contributed by atoms with Crippen molar-refractivity contribution in [3.05, 3.63) is 54.1 Å². The van der Waals surface area contributed by atoms with Gasteiger partial charge in [0.1, 0.15) is 6.04 Å². The summed E-state index contributed by atoms with van der Waals surface area (Å²) in [4.78, 5) is 54.2. The number of nitrogens with zero attached hydrogens (tertiary/aromatic N) is 1. The van der Waals surface area contributed by atoms with E-state index in [1.54, 1.807) is 48.5 Å². The first kappa shape index (κ1) is 22.7. The van der Waals surface area contributed by atoms with E-state index in [1.807, 2.05) is 0 Å². The van der Waals surface area contributed by atoms with E-state index in [0.29, 0.717) is 21.8 Å². The van der Waals surface area contributed by atoms with Crippen molar-refractivity contribution >= 4 is 45.6 Å². The maximum Gasteiger partial charge on any atom is 0.326 e. The number of hydrogen-bond acceptors (Lipinski definition) is 7. The van der Waals surface area contributed by atoms with Gasteiger partial charge in [-0.2, -0.15) is 0 Å². The summed E-state index contributed by atoms with van der Waals surface area (Å²) >= 11 is 0. The van der Waals surface area contributed by atoms with Crippen LogP contribution in [0.15, 0.2) is 48.5 Å². The quantitative estimate of drug-likeness (QED) is 0.326. The molecule has 0 unspecified atom stereocenters. The van der Waals surface area contributed by atoms with Crippen molar-refractivity contribution in [3.8, 4) is 0 Å². The minimum absolute atomic E-state index is 0.248. The number of rotatable bonds is 7. The molecule has 0 saturated heterocycles. The summed E-state index contributed by atoms with van der Waals surface area (Å²) in [6.45, 7) is 1.36. The molecule has 0 aliphatic carbocycles. The van der Waals surface area contributed by atoms with Gasteiger partial charge >= 0.3 is 17.9 Å². The van der Waals surface area contributed by atoms with Crippen LogP contribution in [0.2, 0.25) is 0 Å². The number of benzene rings is 2. The zero-order valence-electron chi connectivity index (χ0n) is 17.7. The van der Waals surface area contributed by atoms with Gasteiger partial charge in [0, 0.05) is 16.7 Å². The van der Waals surface area contributed by atoms with E-state index < -0.39 is 41.7 Å². The fraction of sp³-hybridized carbons (Fsp3) is 0.261. The Balaban J connectivity index is 2.06. The van der Waals surface area contributed by atoms with E-state index in [9.17, 15) is 24.3 Å². The number of carbonyl (C=O) groups is 4. The van der Waals surface area contributed by atoms with Crippen LogP contribution in [-0.4, -0.2) is 54.2 Å². The van der Waals surface area contributed by atoms with Crippen molar-refractivity contribution in [2.75, 3.05) is 14.2 Å². The molecule has 1 heterocycles. The molecule has 9 nitrogen and oxygen atoms in total. The van der Waals surface area contributed by atoms with E-state index >= 15 is 0 Å². The molecule has 0 aliphatic heterocycles. The third kappa shape index (κ3) is 4.22. The van der Waals surface area contributed by atoms with Gasteiger partial charge in [-0.05, 0) is 12.1 Å². The average Bonchev–Trinajstić information content (AvgIpc) is 2.80. The largest absolute Gasteiger partial charge is 0.480 e. The number of fused-ring (bicyclic) bond motifs is 2. The summed E-state index contributed by atoms with van der Waals surface area (Å²) in [5.41, 5.74) is 1.38. The minimum atomic E-state index is -1.57. The molecule has 0 spiro atoms. The van der Waals surface area contributed by atoms with Crippen LogP contribution in [0.5, 0.6) is 0 Å². The molecule has 0 aliphatic rings. The molecule has 3 rings (SSSR count). The van der Waals surface area contributed by atoms with Gasteiger partial charge in [-0.3, -0.25) is 14.4 Å². The molecular weight excluding hydrogens is 416 g/mol. The molecule has 2 N–H and O–H groups in total. The zero-order chi connectivity index (χ0) is 23.4. The minimum Gasteiger partial charge on any atom is -0.480 e. The summed E-state index contributed by atoms with van der Waals surface area (Å²) in [5, 5.41) is 13.3. The lowest BCUT2D eigenvalue weighted by Gasteiger charge is -2.26. The Labute approximate surface area is 183 Å². The van der Waals surface area contributed by atoms with Gasteiger partial charge in [0.25, 0.3) is 5.91 Å². The Bertz CT molecular complexity index is 1140. The number of carboxylic acids is 1. The predicted molar refractivity (Wildman–Crippen MR) is 115 cm³/mol. The lowest BCUT2D eigenvalue weighted by Crippen LogP contribution is -2.50. The van der Waals surface area contributed by atoms with Crippen molar-refractivity contribution in [1.82, 2.24) is 10.3 Å². The third-order valence-corrected chi connectivity index (χ3v) is 5.33. The third-order valence-electron chi connectivity index (χ3n) is 5.33. The molecule has 2 atom stereocenters. The predicted octanol–water partition coefficient (Wildman–Crippen LogP) is 2.17. The SMILES string of the molecule is COC(=O)C(C(=O)OC)[C@H](C)[C@H](NC(=O)c1c2ccccc2nc2ccccc12)C(=O)O. The number of hydrogen-bond donors (Lipinski definition) is 2. The number of nitrogens with one attached hydrogen (secondary N) is 1. The normalized spacial score (nSPS) is 12.9. The second-order valence-electron chi connectivity index (χ2n) is 7.19. The van der Waals surface area contributed by atoms with Crippen LogP contribution in [-0.2, 0) is 23.9 Å². The number of carbonyl (C=O) groups excluding carboxylic acids is 3. The standard InChI is InChI=1S/C23H22N2O7/c1-12(17(22(29)31-2)23(30)32-3)19(21(27)28)25-20(26)18-13-8-4-6-10-15(13)24-16-11-7-5-9-14(16)18/h4-12,17,19H,1-3H3,(H,25,26)(H,27,28)/t12-,19-/m0/s1. The van der Waals surface area contributed by atoms with Gasteiger partial charge in [0.2, 0.25) is 0 Å². The van der Waals surface area contributed by atoms with Gasteiger partial charge in [-0.1, -0.05) is 43.3 Å². The topological polar surface area (TPSA) is 132 Å². The highest BCUT2D eigenvalue weighted by atomic mass is 16.5. The van der Waals surface area contributed by atoms with Crippen LogP contribution in [0.25, 0.3) is 21.8 Å². The molecule has 0 fully saturated rings. The van der Waals surface area contributed by atoms with Gasteiger partial charge in [-0.15, -0.1) is 0 Å². The molecule has 0 bridgehead atoms. The molecule has 0 radical (unpaired) electrons. The monoisotopic (exact) mass is 438 g/mol. The van der Waals surface area contributed by atoms with Gasteiger partial charge < -0.3 is 19.9 Å². The van der Waals surface area contributed by atoms with E-state index in [2.05, 4.69) is 19.8 Å². The number of methoxy groups -OCH3 is 2. The number of ether oxygens (including phenoxy) is 2. The summed E-state index contributed by atoms with van der Waals surface area (Å²) in [6, 6.07) is 12.4. The lowest BCUT2D eigenvalue weighted by molar-refractivity contribution is -0.162. The zero-order valence-corrected chi connectivity index (χ0v) is 17.7. The summed E-state index contributed by atoms with van der Waals surface area (Å²) in [5.74, 6) is -6.68. The second-order valence-corrected chi connectivity index (χ2v) is 7.19. The summed E-state index contributed by atoms with van der Waals surface area (Å²) < 4.78 is 9.28. The van der Waals surface area contributed by atoms with Crippen molar-refractivity contribution < 1.29 is 33.8 Å². The summed E-state index contributed by atoms with van der Waals surface area (Å²) in [7, 11) is 2.16. The first-order valence-electron chi connectivity index (χ1n) is 9.77. The van der Waals surface area contributed by atoms with Crippen LogP contribution >= 0.6 is 0 Å². The first-order chi connectivity index (χ1) is 15.3. The maximum absolute atomic E-state index is 13.4. The molecule has 166 valence electrons. The Morgan fingerprint density at radius 3 is 1.78 bits per heavy atom. The number of aromatic nitrogens is 1. The van der Waals surface area contributed by atoms with Crippen LogP contribution in [0.3, 0.4) is 0 Å². The van der Waals surface area contributed by atoms with E-state index in [1.165, 1.54) is 6.92 Å². The smallest absolute Gasteiger partial charge is 0.326 e. The first-order valence-corrected chi connectivity index (χ1v) is 9.77. The van der Waals surface area contributed by atoms with Crippen LogP contribution in [0.1, 0.15) is 17.3 Å². The fourth-order valence-electron chi connectivity index (χ4n) is 3.69. The molecule has 9 heteroatoms. The molecule has 32 heavy (non-hydrogen) atoms. The molecule has 0 saturated carbocycles. The average molecular weight is 438 g/mol. The van der Waals surface area contributed by atoms with Gasteiger partial charge in [-0.25, -0.2) is 9.78 Å². The van der Waals surface area contributed by atoms with E-state index in [0.717, 1.165) is 14.2 Å². The maximum atomic E-state index is 13.4. The summed E-state index contributed by atoms with van der Waals surface area (Å²) in [6.07, 6.45) is 0. The van der Waals surface area contributed by atoms with Crippen LogP contribution < -0.4 is 5.32 Å². The van der Waals surface area contributed by atoms with Gasteiger partial charge in [0.05, 0.1) is 30.8 Å². The lowest BCUT2D eigenvalue weighted by atomic mass is 9.87. The molecule has 3 aromatic rings. The number of pyridine rings is 1. The van der Waals surface area contributed by atoms with Crippen molar-refractivity contribution in [3.63, 3.8) is 0 Å². The van der Waals surface area contributed by atoms with Crippen molar-refractivity contribution in [2.24, 2.45) is 11.8 Å². The Hall–Kier alpha value is -4.01. The Morgan fingerprint density at radius 2 is 1.34 bits per heavy atom. The Kier molecular flexibility index (Phi) is 6.67. The molecule has 1 amide bonds. The number of carboxylic acid groups (broad SMARTS) is 1. The van der Waals surface area contributed by atoms with Gasteiger partial charge in [0.15, 0.2) is 5.92 Å². The van der Waals surface area contributed by atoms with E-state index in [4.69, 9.17) is 0 Å². The van der Waals surface area contributed by atoms with Crippen LogP contribution in [0.4, 0.5) is 0 Å². The molecule has 1 aromatic heterocycles. The second kappa shape index (κ2) is 9.42. The highest BCUT2D eigenvalue weighted by Gasteiger charge is 2.42. The fourth-order valence-corrected chi connectivity index (χ4v) is 3.69. The highest BCUT2D eigenvalue weighted by Crippen LogP contribution is 2.27. The molecule has 2 aromatic carbocycles. The van der Waals surface area contributed by atoms with Crippen molar-refractivity contribution in [1.29, 1.82) is 0 Å². The molecular formula is C23H22N2O7. The number of esters is 2. The van der Waals surface area contributed by atoms with Crippen LogP contribution in [0, 0.1) is 11.8 Å². The van der Waals surface area contributed by atoms with E-state index in [-0.39, 0.29) is 5.56 Å². The Morgan fingerprint density at radius 1 is 0.875 bits per heavy atom. The van der Waals surface area contributed by atoms with Crippen molar-refractivity contribution in [2.45, 2.75) is 13.0 Å². The number of para-hydroxylation sites is 2.